The zero-order valence-electron chi connectivity index (χ0n) is 16.4. The van der Waals surface area contributed by atoms with Gasteiger partial charge in [-0.05, 0) is 69.2 Å². The first kappa shape index (κ1) is 20.0. The highest BCUT2D eigenvalue weighted by molar-refractivity contribution is 6.30. The van der Waals surface area contributed by atoms with E-state index in [0.29, 0.717) is 5.95 Å². The summed E-state index contributed by atoms with van der Waals surface area (Å²) in [5, 5.41) is 7.35. The summed E-state index contributed by atoms with van der Waals surface area (Å²) < 4.78 is 5.67. The summed E-state index contributed by atoms with van der Waals surface area (Å²) in [7, 11) is 0. The summed E-state index contributed by atoms with van der Waals surface area (Å²) in [5.41, 5.74) is 3.01. The van der Waals surface area contributed by atoms with Crippen LogP contribution in [0.1, 0.15) is 25.1 Å². The summed E-state index contributed by atoms with van der Waals surface area (Å²) in [5.74, 6) is 2.20. The Morgan fingerprint density at radius 3 is 2.54 bits per heavy atom. The minimum absolute atomic E-state index is 0.156. The standard InChI is InChI=1S/C22H25ClN4O/c1-15(2)28-20-9-7-19(8-10-20)26-21-13-16(3)25-22(27-21)24-12-11-17-5-4-6-18(23)14-17/h4-10,13-15H,11-12H2,1-3H3,(H2,24,25,26,27). The molecule has 2 N–H and O–H groups in total. The van der Waals surface area contributed by atoms with Crippen LogP contribution in [0.2, 0.25) is 5.02 Å². The van der Waals surface area contributed by atoms with E-state index in [4.69, 9.17) is 16.3 Å². The molecule has 0 saturated carbocycles. The number of rotatable bonds is 8. The van der Waals surface area contributed by atoms with Crippen LogP contribution in [0.3, 0.4) is 0 Å². The topological polar surface area (TPSA) is 59.1 Å². The Bertz CT molecular complexity index is 913. The van der Waals surface area contributed by atoms with Crippen LogP contribution in [0, 0.1) is 6.92 Å². The summed E-state index contributed by atoms with van der Waals surface area (Å²) in [6.07, 6.45) is 1.00. The van der Waals surface area contributed by atoms with Gasteiger partial charge >= 0.3 is 0 Å². The summed E-state index contributed by atoms with van der Waals surface area (Å²) >= 11 is 6.03. The smallest absolute Gasteiger partial charge is 0.224 e. The second-order valence-corrected chi connectivity index (χ2v) is 7.28. The average Bonchev–Trinajstić information content (AvgIpc) is 2.63. The zero-order chi connectivity index (χ0) is 19.9. The van der Waals surface area contributed by atoms with Gasteiger partial charge in [-0.3, -0.25) is 0 Å². The van der Waals surface area contributed by atoms with Crippen LogP contribution >= 0.6 is 11.6 Å². The maximum atomic E-state index is 6.03. The Balaban J connectivity index is 1.61. The highest BCUT2D eigenvalue weighted by Gasteiger charge is 2.04. The molecule has 5 nitrogen and oxygen atoms in total. The number of hydrogen-bond donors (Lipinski definition) is 2. The molecule has 3 aromatic rings. The van der Waals surface area contributed by atoms with E-state index in [9.17, 15) is 0 Å². The van der Waals surface area contributed by atoms with Gasteiger partial charge in [0, 0.05) is 29.0 Å². The Labute approximate surface area is 171 Å². The molecule has 0 aliphatic heterocycles. The van der Waals surface area contributed by atoms with Gasteiger partial charge in [0.2, 0.25) is 5.95 Å². The molecular formula is C22H25ClN4O. The molecule has 0 saturated heterocycles. The number of ether oxygens (including phenoxy) is 1. The van der Waals surface area contributed by atoms with Crippen LogP contribution in [0.4, 0.5) is 17.5 Å². The third-order valence-electron chi connectivity index (χ3n) is 3.94. The first-order valence-electron chi connectivity index (χ1n) is 9.36. The fourth-order valence-corrected chi connectivity index (χ4v) is 2.97. The molecule has 146 valence electrons. The predicted octanol–water partition coefficient (Wildman–Crippen LogP) is 5.62. The molecule has 0 aliphatic rings. The van der Waals surface area contributed by atoms with Gasteiger partial charge in [0.1, 0.15) is 11.6 Å². The monoisotopic (exact) mass is 396 g/mol. The quantitative estimate of drug-likeness (QED) is 0.517. The summed E-state index contributed by atoms with van der Waals surface area (Å²) in [6.45, 7) is 6.70. The maximum Gasteiger partial charge on any atom is 0.224 e. The number of aromatic nitrogens is 2. The number of aryl methyl sites for hydroxylation is 1. The third kappa shape index (κ3) is 6.13. The molecule has 0 bridgehead atoms. The van der Waals surface area contributed by atoms with E-state index >= 15 is 0 Å². The van der Waals surface area contributed by atoms with Gasteiger partial charge in [-0.25, -0.2) is 4.98 Å². The van der Waals surface area contributed by atoms with E-state index in [0.717, 1.165) is 40.9 Å². The fourth-order valence-electron chi connectivity index (χ4n) is 2.76. The van der Waals surface area contributed by atoms with E-state index in [1.165, 1.54) is 5.56 Å². The number of nitrogens with zero attached hydrogens (tertiary/aromatic N) is 2. The van der Waals surface area contributed by atoms with Crippen LogP contribution in [0.25, 0.3) is 0 Å². The zero-order valence-corrected chi connectivity index (χ0v) is 17.1. The normalized spacial score (nSPS) is 10.8. The van der Waals surface area contributed by atoms with Crippen LogP contribution < -0.4 is 15.4 Å². The minimum atomic E-state index is 0.156. The van der Waals surface area contributed by atoms with Crippen molar-refractivity contribution in [2.75, 3.05) is 17.2 Å². The number of benzene rings is 2. The molecule has 0 radical (unpaired) electrons. The second-order valence-electron chi connectivity index (χ2n) is 6.84. The Hall–Kier alpha value is -2.79. The van der Waals surface area contributed by atoms with Gasteiger partial charge in [-0.1, -0.05) is 23.7 Å². The lowest BCUT2D eigenvalue weighted by Gasteiger charge is -2.12. The van der Waals surface area contributed by atoms with E-state index in [2.05, 4.69) is 26.7 Å². The molecule has 1 heterocycles. The highest BCUT2D eigenvalue weighted by Crippen LogP contribution is 2.21. The SMILES string of the molecule is Cc1cc(Nc2ccc(OC(C)C)cc2)nc(NCCc2cccc(Cl)c2)n1. The van der Waals surface area contributed by atoms with Crippen LogP contribution in [-0.4, -0.2) is 22.6 Å². The molecule has 0 atom stereocenters. The van der Waals surface area contributed by atoms with Crippen molar-refractivity contribution in [1.29, 1.82) is 0 Å². The molecule has 0 spiro atoms. The van der Waals surface area contributed by atoms with Crippen molar-refractivity contribution < 1.29 is 4.74 Å². The molecule has 0 unspecified atom stereocenters. The Morgan fingerprint density at radius 1 is 1.04 bits per heavy atom. The predicted molar refractivity (Wildman–Crippen MR) is 116 cm³/mol. The summed E-state index contributed by atoms with van der Waals surface area (Å²) in [6, 6.07) is 17.6. The van der Waals surface area contributed by atoms with Gasteiger partial charge in [0.15, 0.2) is 0 Å². The third-order valence-corrected chi connectivity index (χ3v) is 4.17. The van der Waals surface area contributed by atoms with Crippen LogP contribution in [0.5, 0.6) is 5.75 Å². The number of hydrogen-bond acceptors (Lipinski definition) is 5. The van der Waals surface area contributed by atoms with Gasteiger partial charge in [-0.2, -0.15) is 4.98 Å². The van der Waals surface area contributed by atoms with Crippen molar-refractivity contribution in [1.82, 2.24) is 9.97 Å². The number of halogens is 1. The van der Waals surface area contributed by atoms with Gasteiger partial charge in [-0.15, -0.1) is 0 Å². The minimum Gasteiger partial charge on any atom is -0.491 e. The molecule has 0 fully saturated rings. The molecule has 3 rings (SSSR count). The summed E-state index contributed by atoms with van der Waals surface area (Å²) in [4.78, 5) is 9.02. The highest BCUT2D eigenvalue weighted by atomic mass is 35.5. The van der Waals surface area contributed by atoms with Crippen LogP contribution in [0.15, 0.2) is 54.6 Å². The largest absolute Gasteiger partial charge is 0.491 e. The van der Waals surface area contributed by atoms with Crippen molar-refractivity contribution in [3.63, 3.8) is 0 Å². The number of anilines is 3. The number of nitrogens with one attached hydrogen (secondary N) is 2. The lowest BCUT2D eigenvalue weighted by molar-refractivity contribution is 0.242. The lowest BCUT2D eigenvalue weighted by atomic mass is 10.1. The van der Waals surface area contributed by atoms with Crippen molar-refractivity contribution in [3.05, 3.63) is 70.9 Å². The van der Waals surface area contributed by atoms with Crippen molar-refractivity contribution >= 4 is 29.1 Å². The van der Waals surface area contributed by atoms with E-state index in [1.807, 2.05) is 69.3 Å². The van der Waals surface area contributed by atoms with Crippen molar-refractivity contribution in [2.24, 2.45) is 0 Å². The van der Waals surface area contributed by atoms with E-state index in [1.54, 1.807) is 0 Å². The second kappa shape index (κ2) is 9.42. The molecule has 6 heteroatoms. The Morgan fingerprint density at radius 2 is 1.82 bits per heavy atom. The van der Waals surface area contributed by atoms with Gasteiger partial charge < -0.3 is 15.4 Å². The van der Waals surface area contributed by atoms with Gasteiger partial charge in [0.25, 0.3) is 0 Å². The van der Waals surface area contributed by atoms with E-state index in [-0.39, 0.29) is 6.10 Å². The van der Waals surface area contributed by atoms with Gasteiger partial charge in [0.05, 0.1) is 6.10 Å². The Kier molecular flexibility index (Phi) is 6.71. The first-order chi connectivity index (χ1) is 13.5. The molecule has 1 aromatic heterocycles. The molecule has 0 amide bonds. The van der Waals surface area contributed by atoms with Crippen molar-refractivity contribution in [3.8, 4) is 5.75 Å². The molecule has 0 aliphatic carbocycles. The van der Waals surface area contributed by atoms with Crippen LogP contribution in [-0.2, 0) is 6.42 Å². The molecular weight excluding hydrogens is 372 g/mol. The average molecular weight is 397 g/mol. The maximum absolute atomic E-state index is 6.03. The fraction of sp³-hybridized carbons (Fsp3) is 0.273. The molecule has 2 aromatic carbocycles. The first-order valence-corrected chi connectivity index (χ1v) is 9.73. The molecule has 28 heavy (non-hydrogen) atoms. The van der Waals surface area contributed by atoms with Crippen molar-refractivity contribution in [2.45, 2.75) is 33.3 Å². The lowest BCUT2D eigenvalue weighted by Crippen LogP contribution is -2.09. The van der Waals surface area contributed by atoms with E-state index < -0.39 is 0 Å².